The number of ether oxygens (including phenoxy) is 1. The van der Waals surface area contributed by atoms with Crippen molar-refractivity contribution in [3.05, 3.63) is 29.6 Å². The van der Waals surface area contributed by atoms with Gasteiger partial charge in [-0.1, -0.05) is 13.0 Å². The van der Waals surface area contributed by atoms with Gasteiger partial charge >= 0.3 is 0 Å². The molecule has 2 rings (SSSR count). The highest BCUT2D eigenvalue weighted by Crippen LogP contribution is 2.21. The minimum Gasteiger partial charge on any atom is -0.491 e. The molecule has 3 nitrogen and oxygen atoms in total. The molecule has 118 valence electrons. The molecule has 1 aliphatic rings. The van der Waals surface area contributed by atoms with Crippen molar-refractivity contribution in [1.29, 1.82) is 0 Å². The monoisotopic (exact) mass is 294 g/mol. The molecule has 21 heavy (non-hydrogen) atoms. The van der Waals surface area contributed by atoms with E-state index >= 15 is 0 Å². The fraction of sp³-hybridized carbons (Fsp3) is 0.647. The third-order valence-electron chi connectivity index (χ3n) is 4.15. The third kappa shape index (κ3) is 4.68. The van der Waals surface area contributed by atoms with E-state index in [1.165, 1.54) is 19.3 Å². The van der Waals surface area contributed by atoms with Gasteiger partial charge in [0.2, 0.25) is 0 Å². The van der Waals surface area contributed by atoms with Crippen LogP contribution in [0.15, 0.2) is 18.2 Å². The summed E-state index contributed by atoms with van der Waals surface area (Å²) in [6.07, 6.45) is 3.62. The number of nitrogens with one attached hydrogen (secondary N) is 1. The molecule has 0 spiro atoms. The highest BCUT2D eigenvalue weighted by molar-refractivity contribution is 5.29. The Morgan fingerprint density at radius 2 is 2.14 bits per heavy atom. The van der Waals surface area contributed by atoms with Gasteiger partial charge in [0.25, 0.3) is 0 Å². The first-order valence-electron chi connectivity index (χ1n) is 8.10. The fourth-order valence-electron chi connectivity index (χ4n) is 3.01. The molecule has 0 aromatic heterocycles. The highest BCUT2D eigenvalue weighted by Gasteiger charge is 2.19. The molecule has 0 amide bonds. The first-order chi connectivity index (χ1) is 10.2. The van der Waals surface area contributed by atoms with Crippen molar-refractivity contribution in [3.63, 3.8) is 0 Å². The Hall–Kier alpha value is -1.13. The Bertz CT molecular complexity index is 431. The summed E-state index contributed by atoms with van der Waals surface area (Å²) < 4.78 is 19.2. The van der Waals surface area contributed by atoms with Crippen molar-refractivity contribution >= 4 is 0 Å². The summed E-state index contributed by atoms with van der Waals surface area (Å²) in [5.74, 6) is 0.0934. The van der Waals surface area contributed by atoms with E-state index in [0.29, 0.717) is 18.4 Å². The fourth-order valence-corrected chi connectivity index (χ4v) is 3.01. The number of hydrogen-bond acceptors (Lipinski definition) is 3. The molecule has 1 unspecified atom stereocenters. The van der Waals surface area contributed by atoms with Crippen LogP contribution in [0.1, 0.15) is 38.7 Å². The van der Waals surface area contributed by atoms with Gasteiger partial charge in [0.1, 0.15) is 0 Å². The molecule has 0 saturated carbocycles. The lowest BCUT2D eigenvalue weighted by atomic mass is 10.1. The molecular formula is C17H27FN2O. The molecule has 1 atom stereocenters. The summed E-state index contributed by atoms with van der Waals surface area (Å²) in [5.41, 5.74) is 1.02. The van der Waals surface area contributed by atoms with Gasteiger partial charge in [-0.25, -0.2) is 4.39 Å². The largest absolute Gasteiger partial charge is 0.491 e. The van der Waals surface area contributed by atoms with E-state index in [2.05, 4.69) is 17.1 Å². The van der Waals surface area contributed by atoms with Gasteiger partial charge in [-0.05, 0) is 63.5 Å². The second-order valence-corrected chi connectivity index (χ2v) is 5.60. The summed E-state index contributed by atoms with van der Waals surface area (Å²) in [6, 6.07) is 5.94. The van der Waals surface area contributed by atoms with Crippen molar-refractivity contribution in [2.24, 2.45) is 0 Å². The van der Waals surface area contributed by atoms with E-state index in [0.717, 1.165) is 31.7 Å². The van der Waals surface area contributed by atoms with Gasteiger partial charge < -0.3 is 10.1 Å². The predicted molar refractivity (Wildman–Crippen MR) is 84.2 cm³/mol. The summed E-state index contributed by atoms with van der Waals surface area (Å²) in [5, 5.41) is 3.45. The molecule has 0 bridgehead atoms. The standard InChI is InChI=1S/C17H27FN2O/c1-3-20(15-6-5-10-19-11-9-15)13-14-7-8-17(21-4-2)16(18)12-14/h7-8,12,15,19H,3-6,9-11,13H2,1-2H3. The van der Waals surface area contributed by atoms with Crippen LogP contribution in [-0.4, -0.2) is 37.2 Å². The second kappa shape index (κ2) is 8.35. The van der Waals surface area contributed by atoms with Crippen LogP contribution in [0.3, 0.4) is 0 Å². The Labute approximate surface area is 127 Å². The maximum Gasteiger partial charge on any atom is 0.165 e. The molecule has 1 saturated heterocycles. The van der Waals surface area contributed by atoms with E-state index in [1.54, 1.807) is 12.1 Å². The van der Waals surface area contributed by atoms with Crippen molar-refractivity contribution in [2.45, 2.75) is 45.7 Å². The molecule has 1 aromatic rings. The first-order valence-corrected chi connectivity index (χ1v) is 8.10. The summed E-state index contributed by atoms with van der Waals surface area (Å²) in [6.45, 7) is 8.55. The molecule has 1 heterocycles. The average molecular weight is 294 g/mol. The van der Waals surface area contributed by atoms with Gasteiger partial charge in [-0.15, -0.1) is 0 Å². The van der Waals surface area contributed by atoms with Gasteiger partial charge in [0, 0.05) is 12.6 Å². The van der Waals surface area contributed by atoms with Crippen LogP contribution in [0.4, 0.5) is 4.39 Å². The lowest BCUT2D eigenvalue weighted by Crippen LogP contribution is -2.35. The first kappa shape index (κ1) is 16.2. The molecule has 0 radical (unpaired) electrons. The summed E-state index contributed by atoms with van der Waals surface area (Å²) in [7, 11) is 0. The predicted octanol–water partition coefficient (Wildman–Crippen LogP) is 3.19. The van der Waals surface area contributed by atoms with Crippen LogP contribution in [0.5, 0.6) is 5.75 Å². The topological polar surface area (TPSA) is 24.5 Å². The van der Waals surface area contributed by atoms with Crippen LogP contribution in [-0.2, 0) is 6.54 Å². The Kier molecular flexibility index (Phi) is 6.46. The SMILES string of the molecule is CCOc1ccc(CN(CC)C2CCCNCC2)cc1F. The van der Waals surface area contributed by atoms with Crippen LogP contribution in [0.2, 0.25) is 0 Å². The number of rotatable bonds is 6. The van der Waals surface area contributed by atoms with Gasteiger partial charge in [0.15, 0.2) is 11.6 Å². The molecule has 4 heteroatoms. The van der Waals surface area contributed by atoms with Crippen LogP contribution in [0, 0.1) is 5.82 Å². The lowest BCUT2D eigenvalue weighted by Gasteiger charge is -2.30. The van der Waals surface area contributed by atoms with Gasteiger partial charge in [0.05, 0.1) is 6.61 Å². The summed E-state index contributed by atoms with van der Waals surface area (Å²) in [4.78, 5) is 2.46. The molecule has 1 aliphatic heterocycles. The van der Waals surface area contributed by atoms with Crippen LogP contribution >= 0.6 is 0 Å². The van der Waals surface area contributed by atoms with E-state index in [4.69, 9.17) is 4.74 Å². The molecule has 1 aromatic carbocycles. The highest BCUT2D eigenvalue weighted by atomic mass is 19.1. The Morgan fingerprint density at radius 3 is 2.86 bits per heavy atom. The van der Waals surface area contributed by atoms with E-state index in [9.17, 15) is 4.39 Å². The number of hydrogen-bond donors (Lipinski definition) is 1. The molecule has 0 aliphatic carbocycles. The molecule has 1 fully saturated rings. The average Bonchev–Trinajstić information content (AvgIpc) is 2.76. The van der Waals surface area contributed by atoms with E-state index in [1.807, 2.05) is 13.0 Å². The van der Waals surface area contributed by atoms with E-state index in [-0.39, 0.29) is 5.82 Å². The zero-order valence-corrected chi connectivity index (χ0v) is 13.2. The van der Waals surface area contributed by atoms with Gasteiger partial charge in [-0.2, -0.15) is 0 Å². The van der Waals surface area contributed by atoms with Crippen molar-refractivity contribution < 1.29 is 9.13 Å². The lowest BCUT2D eigenvalue weighted by molar-refractivity contribution is 0.182. The zero-order chi connectivity index (χ0) is 15.1. The Morgan fingerprint density at radius 1 is 1.29 bits per heavy atom. The third-order valence-corrected chi connectivity index (χ3v) is 4.15. The summed E-state index contributed by atoms with van der Waals surface area (Å²) >= 11 is 0. The Balaban J connectivity index is 2.02. The van der Waals surface area contributed by atoms with Gasteiger partial charge in [-0.3, -0.25) is 4.90 Å². The second-order valence-electron chi connectivity index (χ2n) is 5.60. The smallest absolute Gasteiger partial charge is 0.165 e. The van der Waals surface area contributed by atoms with Crippen molar-refractivity contribution in [3.8, 4) is 5.75 Å². The van der Waals surface area contributed by atoms with Crippen molar-refractivity contribution in [2.75, 3.05) is 26.2 Å². The molecule has 1 N–H and O–H groups in total. The minimum atomic E-state index is -0.257. The number of benzene rings is 1. The maximum absolute atomic E-state index is 13.9. The number of halogens is 1. The zero-order valence-electron chi connectivity index (χ0n) is 13.2. The molecular weight excluding hydrogens is 267 g/mol. The maximum atomic E-state index is 13.9. The van der Waals surface area contributed by atoms with Crippen LogP contribution < -0.4 is 10.1 Å². The normalized spacial score (nSPS) is 19.5. The quantitative estimate of drug-likeness (QED) is 0.872. The van der Waals surface area contributed by atoms with Crippen molar-refractivity contribution in [1.82, 2.24) is 10.2 Å². The minimum absolute atomic E-state index is 0.257. The number of nitrogens with zero attached hydrogens (tertiary/aromatic N) is 1. The van der Waals surface area contributed by atoms with Crippen LogP contribution in [0.25, 0.3) is 0 Å². The van der Waals surface area contributed by atoms with E-state index < -0.39 is 0 Å².